The molecule has 0 N–H and O–H groups in total. The van der Waals surface area contributed by atoms with Crippen molar-refractivity contribution in [2.75, 3.05) is 18.0 Å². The van der Waals surface area contributed by atoms with E-state index < -0.39 is 9.84 Å². The van der Waals surface area contributed by atoms with E-state index in [1.807, 2.05) is 38.1 Å². The zero-order valence-corrected chi connectivity index (χ0v) is 21.7. The van der Waals surface area contributed by atoms with Crippen molar-refractivity contribution in [3.63, 3.8) is 0 Å². The number of aromatic nitrogens is 2. The molecule has 0 spiro atoms. The summed E-state index contributed by atoms with van der Waals surface area (Å²) in [5, 5.41) is 0.596. The lowest BCUT2D eigenvalue weighted by Gasteiger charge is -2.33. The lowest BCUT2D eigenvalue weighted by molar-refractivity contribution is 0.386. The average molecular weight is 498 g/mol. The molecule has 1 aliphatic heterocycles. The molecule has 1 aliphatic rings. The molecule has 1 aromatic carbocycles. The standard InChI is InChI=1S/C27H32ClN3O2S/c1-4-8-21-11-7-16-31(17-21)24-12-6-13-25(30-24)34(32,33)18-22-14-15-23(28)27(29-22)26-19(2)9-5-10-20(26)3/h5-6,9-10,12-15,21H,4,7-8,11,16-18H2,1-3H3. The molecule has 4 rings (SSSR count). The van der Waals surface area contributed by atoms with Crippen LogP contribution in [0.1, 0.15) is 49.4 Å². The monoisotopic (exact) mass is 497 g/mol. The average Bonchev–Trinajstić information content (AvgIpc) is 2.81. The lowest BCUT2D eigenvalue weighted by atomic mass is 9.94. The molecule has 0 amide bonds. The Kier molecular flexibility index (Phi) is 7.58. The number of halogens is 1. The van der Waals surface area contributed by atoms with Crippen molar-refractivity contribution in [2.45, 2.75) is 57.2 Å². The van der Waals surface area contributed by atoms with Crippen LogP contribution in [0.25, 0.3) is 11.3 Å². The van der Waals surface area contributed by atoms with E-state index >= 15 is 0 Å². The van der Waals surface area contributed by atoms with E-state index in [1.165, 1.54) is 19.3 Å². The molecule has 2 aromatic heterocycles. The molecule has 3 heterocycles. The van der Waals surface area contributed by atoms with Crippen LogP contribution in [-0.2, 0) is 15.6 Å². The Labute approximate surface area is 208 Å². The summed E-state index contributed by atoms with van der Waals surface area (Å²) in [5.74, 6) is 1.15. The topological polar surface area (TPSA) is 63.2 Å². The van der Waals surface area contributed by atoms with Crippen LogP contribution in [0.3, 0.4) is 0 Å². The highest BCUT2D eigenvalue weighted by molar-refractivity contribution is 7.90. The maximum atomic E-state index is 13.3. The summed E-state index contributed by atoms with van der Waals surface area (Å²) < 4.78 is 26.6. The Bertz CT molecular complexity index is 1250. The lowest BCUT2D eigenvalue weighted by Crippen LogP contribution is -2.36. The van der Waals surface area contributed by atoms with E-state index in [9.17, 15) is 8.42 Å². The molecule has 0 radical (unpaired) electrons. The van der Waals surface area contributed by atoms with Crippen LogP contribution in [0, 0.1) is 19.8 Å². The van der Waals surface area contributed by atoms with Crippen LogP contribution in [0.2, 0.25) is 5.02 Å². The van der Waals surface area contributed by atoms with Gasteiger partial charge in [-0.3, -0.25) is 4.98 Å². The fourth-order valence-corrected chi connectivity index (χ4v) is 6.28. The molecule has 34 heavy (non-hydrogen) atoms. The van der Waals surface area contributed by atoms with Gasteiger partial charge in [-0.25, -0.2) is 13.4 Å². The highest BCUT2D eigenvalue weighted by Crippen LogP contribution is 2.32. The molecular weight excluding hydrogens is 466 g/mol. The number of nitrogens with zero attached hydrogens (tertiary/aromatic N) is 3. The number of benzene rings is 1. The first kappa shape index (κ1) is 24.7. The summed E-state index contributed by atoms with van der Waals surface area (Å²) in [5.41, 5.74) is 4.11. The SMILES string of the molecule is CCCC1CCCN(c2cccc(S(=O)(=O)Cc3ccc(Cl)c(-c4c(C)cccc4C)n3)n2)C1. The Balaban J connectivity index is 1.60. The van der Waals surface area contributed by atoms with Gasteiger partial charge in [0.25, 0.3) is 0 Å². The number of hydrogen-bond donors (Lipinski definition) is 0. The fraction of sp³-hybridized carbons (Fsp3) is 0.407. The van der Waals surface area contributed by atoms with Gasteiger partial charge in [-0.15, -0.1) is 0 Å². The molecule has 1 atom stereocenters. The van der Waals surface area contributed by atoms with Gasteiger partial charge in [0.1, 0.15) is 5.82 Å². The molecule has 5 nitrogen and oxygen atoms in total. The van der Waals surface area contributed by atoms with Crippen LogP contribution in [-0.4, -0.2) is 31.5 Å². The first-order valence-corrected chi connectivity index (χ1v) is 14.0. The van der Waals surface area contributed by atoms with Crippen molar-refractivity contribution < 1.29 is 8.42 Å². The number of hydrogen-bond acceptors (Lipinski definition) is 5. The van der Waals surface area contributed by atoms with Gasteiger partial charge in [0.15, 0.2) is 5.03 Å². The van der Waals surface area contributed by atoms with Gasteiger partial charge in [0.05, 0.1) is 22.2 Å². The smallest absolute Gasteiger partial charge is 0.201 e. The zero-order chi connectivity index (χ0) is 24.3. The third-order valence-corrected chi connectivity index (χ3v) is 8.37. The van der Waals surface area contributed by atoms with Crippen LogP contribution >= 0.6 is 11.6 Å². The number of piperidine rings is 1. The fourth-order valence-electron chi connectivity index (χ4n) is 4.87. The maximum absolute atomic E-state index is 13.3. The quantitative estimate of drug-likeness (QED) is 0.377. The minimum atomic E-state index is -3.67. The largest absolute Gasteiger partial charge is 0.356 e. The van der Waals surface area contributed by atoms with Crippen LogP contribution < -0.4 is 4.90 Å². The molecule has 3 aromatic rings. The number of aryl methyl sites for hydroxylation is 2. The third-order valence-electron chi connectivity index (χ3n) is 6.53. The second kappa shape index (κ2) is 10.4. The van der Waals surface area contributed by atoms with Gasteiger partial charge in [-0.05, 0) is 74.4 Å². The second-order valence-electron chi connectivity index (χ2n) is 9.24. The van der Waals surface area contributed by atoms with E-state index in [-0.39, 0.29) is 10.8 Å². The molecule has 180 valence electrons. The van der Waals surface area contributed by atoms with Crippen molar-refractivity contribution in [1.29, 1.82) is 0 Å². The number of pyridine rings is 2. The normalized spacial score (nSPS) is 16.6. The molecule has 1 saturated heterocycles. The summed E-state index contributed by atoms with van der Waals surface area (Å²) in [6.07, 6.45) is 4.70. The summed E-state index contributed by atoms with van der Waals surface area (Å²) in [7, 11) is -3.67. The first-order chi connectivity index (χ1) is 16.3. The number of rotatable bonds is 7. The minimum Gasteiger partial charge on any atom is -0.356 e. The van der Waals surface area contributed by atoms with E-state index in [2.05, 4.69) is 21.8 Å². The zero-order valence-electron chi connectivity index (χ0n) is 20.1. The molecule has 0 bridgehead atoms. The van der Waals surface area contributed by atoms with Crippen molar-refractivity contribution >= 4 is 27.3 Å². The van der Waals surface area contributed by atoms with E-state index in [0.29, 0.717) is 22.3 Å². The summed E-state index contributed by atoms with van der Waals surface area (Å²) in [6.45, 7) is 8.06. The second-order valence-corrected chi connectivity index (χ2v) is 11.6. The van der Waals surface area contributed by atoms with Crippen molar-refractivity contribution in [2.24, 2.45) is 5.92 Å². The van der Waals surface area contributed by atoms with Gasteiger partial charge in [0, 0.05) is 18.7 Å². The molecule has 7 heteroatoms. The van der Waals surface area contributed by atoms with Crippen LogP contribution in [0.15, 0.2) is 53.6 Å². The molecule has 0 aliphatic carbocycles. The van der Waals surface area contributed by atoms with Crippen LogP contribution in [0.4, 0.5) is 5.82 Å². The minimum absolute atomic E-state index is 0.0907. The van der Waals surface area contributed by atoms with Gasteiger partial charge in [0.2, 0.25) is 9.84 Å². The van der Waals surface area contributed by atoms with Crippen LogP contribution in [0.5, 0.6) is 0 Å². The molecule has 1 unspecified atom stereocenters. The molecule has 0 saturated carbocycles. The Hall–Kier alpha value is -2.44. The summed E-state index contributed by atoms with van der Waals surface area (Å²) in [6, 6.07) is 14.7. The third kappa shape index (κ3) is 5.44. The van der Waals surface area contributed by atoms with E-state index in [1.54, 1.807) is 24.3 Å². The first-order valence-electron chi connectivity index (χ1n) is 11.9. The van der Waals surface area contributed by atoms with Crippen molar-refractivity contribution in [1.82, 2.24) is 9.97 Å². The number of sulfone groups is 1. The van der Waals surface area contributed by atoms with Crippen molar-refractivity contribution in [3.8, 4) is 11.3 Å². The Morgan fingerprint density at radius 3 is 2.50 bits per heavy atom. The summed E-state index contributed by atoms with van der Waals surface area (Å²) >= 11 is 6.47. The van der Waals surface area contributed by atoms with Gasteiger partial charge in [-0.1, -0.05) is 49.2 Å². The van der Waals surface area contributed by atoms with Crippen molar-refractivity contribution in [3.05, 3.63) is 70.4 Å². The van der Waals surface area contributed by atoms with Gasteiger partial charge >= 0.3 is 0 Å². The van der Waals surface area contributed by atoms with Gasteiger partial charge in [-0.2, -0.15) is 0 Å². The highest BCUT2D eigenvalue weighted by atomic mass is 35.5. The van der Waals surface area contributed by atoms with Gasteiger partial charge < -0.3 is 4.90 Å². The molecule has 1 fully saturated rings. The Morgan fingerprint density at radius 2 is 1.76 bits per heavy atom. The van der Waals surface area contributed by atoms with E-state index in [0.717, 1.165) is 42.0 Å². The molecular formula is C27H32ClN3O2S. The maximum Gasteiger partial charge on any atom is 0.201 e. The number of anilines is 1. The summed E-state index contributed by atoms with van der Waals surface area (Å²) in [4.78, 5) is 11.5. The van der Waals surface area contributed by atoms with E-state index in [4.69, 9.17) is 11.6 Å². The Morgan fingerprint density at radius 1 is 1.03 bits per heavy atom. The predicted octanol–water partition coefficient (Wildman–Crippen LogP) is 6.40. The highest BCUT2D eigenvalue weighted by Gasteiger charge is 2.24. The predicted molar refractivity (Wildman–Crippen MR) is 139 cm³/mol.